The number of rotatable bonds is 7. The van der Waals surface area contributed by atoms with Gasteiger partial charge in [0, 0.05) is 60.3 Å². The summed E-state index contributed by atoms with van der Waals surface area (Å²) in [6, 6.07) is 13.8. The number of carbonyl (C=O) groups excluding carboxylic acids is 1. The average Bonchev–Trinajstić information content (AvgIpc) is 3.62. The molecule has 16 heteroatoms. The van der Waals surface area contributed by atoms with Crippen molar-refractivity contribution >= 4 is 43.6 Å². The first-order valence-electron chi connectivity index (χ1n) is 13.6. The second-order valence-electron chi connectivity index (χ2n) is 10.4. The molecule has 3 heterocycles. The number of carbonyl (C=O) groups is 1. The number of amides is 1. The fraction of sp³-hybridized carbons (Fsp3) is 0.129. The van der Waals surface area contributed by atoms with Crippen LogP contribution in [-0.2, 0) is 10.1 Å². The molecule has 0 radical (unpaired) electrons. The van der Waals surface area contributed by atoms with Gasteiger partial charge in [-0.15, -0.1) is 0 Å². The van der Waals surface area contributed by atoms with E-state index in [0.29, 0.717) is 22.2 Å². The Kier molecular flexibility index (Phi) is 7.62. The highest BCUT2D eigenvalue weighted by Gasteiger charge is 2.49. The third kappa shape index (κ3) is 5.60. The molecule has 0 bridgehead atoms. The normalized spacial score (nSPS) is 12.1. The van der Waals surface area contributed by atoms with Crippen molar-refractivity contribution in [3.63, 3.8) is 0 Å². The van der Waals surface area contributed by atoms with Crippen LogP contribution in [0.25, 0.3) is 55.8 Å². The van der Waals surface area contributed by atoms with Gasteiger partial charge in [-0.05, 0) is 48.5 Å². The first-order valence-corrected chi connectivity index (χ1v) is 15.0. The number of alkyl halides is 3. The summed E-state index contributed by atoms with van der Waals surface area (Å²) in [5.41, 5.74) is -4.52. The molecule has 1 amide bonds. The molecule has 0 aliphatic rings. The number of anilines is 1. The number of hydrogen-bond acceptors (Lipinski definition) is 8. The lowest BCUT2D eigenvalue weighted by molar-refractivity contribution is -0.0501. The number of benzene rings is 3. The van der Waals surface area contributed by atoms with Gasteiger partial charge in [-0.1, -0.05) is 6.07 Å². The minimum atomic E-state index is -6.17. The van der Waals surface area contributed by atoms with Gasteiger partial charge in [0.05, 0.1) is 23.1 Å². The number of halogens is 5. The Balaban J connectivity index is 1.61. The van der Waals surface area contributed by atoms with Crippen molar-refractivity contribution in [2.75, 3.05) is 26.0 Å². The maximum absolute atomic E-state index is 14.6. The summed E-state index contributed by atoms with van der Waals surface area (Å²) in [7, 11) is -1.37. The predicted octanol–water partition coefficient (Wildman–Crippen LogP) is 6.64. The molecule has 47 heavy (non-hydrogen) atoms. The van der Waals surface area contributed by atoms with E-state index < -0.39 is 44.7 Å². The zero-order valence-electron chi connectivity index (χ0n) is 24.5. The van der Waals surface area contributed by atoms with Crippen LogP contribution in [0, 0.1) is 11.6 Å². The van der Waals surface area contributed by atoms with E-state index in [1.165, 1.54) is 55.6 Å². The minimum absolute atomic E-state index is 0.0221. The molecule has 10 nitrogen and oxygen atoms in total. The largest absolute Gasteiger partial charge is 0.534 e. The van der Waals surface area contributed by atoms with Gasteiger partial charge in [0.2, 0.25) is 0 Å². The number of aromatic nitrogens is 3. The molecule has 0 saturated heterocycles. The first-order chi connectivity index (χ1) is 22.2. The molecule has 0 saturated carbocycles. The zero-order chi connectivity index (χ0) is 33.8. The number of H-pyrrole nitrogens is 1. The Morgan fingerprint density at radius 1 is 1.02 bits per heavy atom. The number of aromatic amines is 1. The summed E-state index contributed by atoms with van der Waals surface area (Å²) in [4.78, 5) is 26.0. The van der Waals surface area contributed by atoms with Crippen molar-refractivity contribution < 1.29 is 43.8 Å². The van der Waals surface area contributed by atoms with Crippen molar-refractivity contribution in [1.82, 2.24) is 20.3 Å². The Bertz CT molecular complexity index is 2300. The lowest BCUT2D eigenvalue weighted by atomic mass is 10.0. The number of nitrogens with one attached hydrogen (secondary N) is 2. The molecule has 3 aromatic carbocycles. The van der Waals surface area contributed by atoms with Crippen molar-refractivity contribution in [2.45, 2.75) is 5.51 Å². The van der Waals surface area contributed by atoms with Gasteiger partial charge in [-0.25, -0.2) is 18.7 Å². The van der Waals surface area contributed by atoms with Crippen molar-refractivity contribution in [1.29, 1.82) is 0 Å². The molecule has 0 aliphatic heterocycles. The lowest BCUT2D eigenvalue weighted by Crippen LogP contribution is -2.28. The second-order valence-corrected chi connectivity index (χ2v) is 12.0. The summed E-state index contributed by atoms with van der Waals surface area (Å²) in [5, 5.41) is 2.91. The van der Waals surface area contributed by atoms with E-state index in [9.17, 15) is 35.2 Å². The fourth-order valence-electron chi connectivity index (χ4n) is 5.00. The van der Waals surface area contributed by atoms with Gasteiger partial charge in [0.1, 0.15) is 23.0 Å². The Morgan fingerprint density at radius 3 is 2.38 bits per heavy atom. The molecule has 2 N–H and O–H groups in total. The topological polar surface area (TPSA) is 130 Å². The average molecular weight is 672 g/mol. The quantitative estimate of drug-likeness (QED) is 0.110. The standard InChI is InChI=1S/C31H22F5N5O5S/c1-37-29(42)26-19-11-18(24(41(2)3)13-25(19)45-28(26)15-7-9-16(32)10-8-15)23-14-38-30(46-47(43,44)31(34,35)36)27(40-23)22-12-17-20(33)5-4-6-21(17)39-22/h4-14,39H,1-3H3,(H,37,42). The monoisotopic (exact) mass is 671 g/mol. The maximum Gasteiger partial charge on any atom is 0.534 e. The van der Waals surface area contributed by atoms with Crippen LogP contribution in [0.2, 0.25) is 0 Å². The molecule has 0 aliphatic carbocycles. The number of nitrogens with zero attached hydrogens (tertiary/aromatic N) is 3. The molecule has 242 valence electrons. The van der Waals surface area contributed by atoms with Gasteiger partial charge in [-0.2, -0.15) is 21.6 Å². The fourth-order valence-corrected chi connectivity index (χ4v) is 5.43. The van der Waals surface area contributed by atoms with Crippen LogP contribution < -0.4 is 14.4 Å². The molecule has 3 aromatic heterocycles. The Morgan fingerprint density at radius 2 is 1.74 bits per heavy atom. The summed E-state index contributed by atoms with van der Waals surface area (Å²) in [6.07, 6.45) is 1.00. The van der Waals surface area contributed by atoms with Crippen LogP contribution in [0.1, 0.15) is 10.4 Å². The summed E-state index contributed by atoms with van der Waals surface area (Å²) >= 11 is 0. The number of hydrogen-bond donors (Lipinski definition) is 2. The van der Waals surface area contributed by atoms with Crippen molar-refractivity contribution in [2.24, 2.45) is 0 Å². The summed E-state index contributed by atoms with van der Waals surface area (Å²) < 4.78 is 103. The maximum atomic E-state index is 14.6. The SMILES string of the molecule is CNC(=O)c1c(-c2ccc(F)cc2)oc2cc(N(C)C)c(-c3cnc(OS(=O)(=O)C(F)(F)F)c(-c4cc5c(F)cccc5[nH]4)n3)cc12. The molecule has 0 atom stereocenters. The van der Waals surface area contributed by atoms with Crippen LogP contribution in [0.3, 0.4) is 0 Å². The van der Waals surface area contributed by atoms with Gasteiger partial charge in [-0.3, -0.25) is 4.79 Å². The number of furan rings is 1. The van der Waals surface area contributed by atoms with Gasteiger partial charge >= 0.3 is 15.6 Å². The zero-order valence-corrected chi connectivity index (χ0v) is 25.3. The van der Waals surface area contributed by atoms with Crippen LogP contribution in [0.15, 0.2) is 71.3 Å². The molecule has 0 fully saturated rings. The third-order valence-electron chi connectivity index (χ3n) is 7.20. The van der Waals surface area contributed by atoms with Gasteiger partial charge in [0.25, 0.3) is 11.8 Å². The lowest BCUT2D eigenvalue weighted by Gasteiger charge is -2.18. The Hall–Kier alpha value is -5.51. The van der Waals surface area contributed by atoms with Crippen molar-refractivity contribution in [3.8, 4) is 39.8 Å². The second kappa shape index (κ2) is 11.4. The molecule has 0 spiro atoms. The predicted molar refractivity (Wildman–Crippen MR) is 163 cm³/mol. The van der Waals surface area contributed by atoms with E-state index in [1.807, 2.05) is 0 Å². The molecular formula is C31H22F5N5O5S. The van der Waals surface area contributed by atoms with Gasteiger partial charge in [0.15, 0.2) is 5.69 Å². The minimum Gasteiger partial charge on any atom is -0.455 e. The Labute approximate surface area is 262 Å². The summed E-state index contributed by atoms with van der Waals surface area (Å²) in [6.45, 7) is 0. The third-order valence-corrected chi connectivity index (χ3v) is 8.15. The molecular weight excluding hydrogens is 649 g/mol. The van der Waals surface area contributed by atoms with E-state index in [1.54, 1.807) is 31.1 Å². The van der Waals surface area contributed by atoms with Gasteiger partial charge < -0.3 is 23.8 Å². The highest BCUT2D eigenvalue weighted by atomic mass is 32.2. The van der Waals surface area contributed by atoms with E-state index in [0.717, 1.165) is 6.20 Å². The van der Waals surface area contributed by atoms with E-state index >= 15 is 0 Å². The summed E-state index contributed by atoms with van der Waals surface area (Å²) in [5.74, 6) is -2.54. The highest BCUT2D eigenvalue weighted by Crippen LogP contribution is 2.42. The van der Waals surface area contributed by atoms with Crippen LogP contribution in [0.5, 0.6) is 5.88 Å². The van der Waals surface area contributed by atoms with Crippen molar-refractivity contribution in [3.05, 3.63) is 84.1 Å². The van der Waals surface area contributed by atoms with E-state index in [-0.39, 0.29) is 39.2 Å². The molecule has 6 rings (SSSR count). The smallest absolute Gasteiger partial charge is 0.455 e. The molecule has 6 aromatic rings. The van der Waals surface area contributed by atoms with Crippen LogP contribution >= 0.6 is 0 Å². The number of fused-ring (bicyclic) bond motifs is 2. The van der Waals surface area contributed by atoms with E-state index in [4.69, 9.17) is 4.42 Å². The molecule has 0 unspecified atom stereocenters. The first kappa shape index (κ1) is 31.5. The van der Waals surface area contributed by atoms with Crippen LogP contribution in [-0.4, -0.2) is 55.9 Å². The van der Waals surface area contributed by atoms with Crippen LogP contribution in [0.4, 0.5) is 27.6 Å². The van der Waals surface area contributed by atoms with E-state index in [2.05, 4.69) is 24.5 Å². The highest BCUT2D eigenvalue weighted by molar-refractivity contribution is 7.88.